The predicted octanol–water partition coefficient (Wildman–Crippen LogP) is 1.79. The normalized spacial score (nSPS) is 18.4. The quantitative estimate of drug-likeness (QED) is 0.749. The van der Waals surface area contributed by atoms with Crippen molar-refractivity contribution in [1.29, 1.82) is 0 Å². The molecule has 1 aliphatic rings. The third kappa shape index (κ3) is 4.43. The molecule has 118 valence electrons. The Morgan fingerprint density at radius 2 is 1.81 bits per heavy atom. The van der Waals surface area contributed by atoms with Crippen molar-refractivity contribution in [3.05, 3.63) is 24.3 Å². The Balaban J connectivity index is 1.96. The molecule has 0 atom stereocenters. The van der Waals surface area contributed by atoms with Crippen LogP contribution in [0, 0.1) is 5.41 Å². The van der Waals surface area contributed by atoms with E-state index in [0.29, 0.717) is 16.9 Å². The zero-order chi connectivity index (χ0) is 15.3. The Labute approximate surface area is 127 Å². The summed E-state index contributed by atoms with van der Waals surface area (Å²) in [6, 6.07) is 6.94. The first-order valence-electron chi connectivity index (χ1n) is 7.49. The average Bonchev–Trinajstić information content (AvgIpc) is 2.46. The van der Waals surface area contributed by atoms with Crippen LogP contribution >= 0.6 is 0 Å². The second-order valence-electron chi connectivity index (χ2n) is 5.94. The van der Waals surface area contributed by atoms with Gasteiger partial charge in [-0.3, -0.25) is 0 Å². The van der Waals surface area contributed by atoms with Crippen LogP contribution in [-0.2, 0) is 10.0 Å². The van der Waals surface area contributed by atoms with Gasteiger partial charge in [-0.05, 0) is 55.6 Å². The van der Waals surface area contributed by atoms with Crippen LogP contribution in [-0.4, -0.2) is 34.6 Å². The van der Waals surface area contributed by atoms with Gasteiger partial charge in [0.2, 0.25) is 10.0 Å². The second kappa shape index (κ2) is 6.77. The van der Waals surface area contributed by atoms with Crippen molar-refractivity contribution in [1.82, 2.24) is 10.0 Å². The maximum absolute atomic E-state index is 11.9. The number of hydrogen-bond donors (Lipinski definition) is 3. The van der Waals surface area contributed by atoms with Gasteiger partial charge in [0, 0.05) is 18.8 Å². The summed E-state index contributed by atoms with van der Waals surface area (Å²) in [5, 5.41) is 6.80. The molecule has 2 rings (SSSR count). The lowest BCUT2D eigenvalue weighted by Gasteiger charge is -2.34. The lowest BCUT2D eigenvalue weighted by molar-refractivity contribution is 0.247. The van der Waals surface area contributed by atoms with E-state index in [-0.39, 0.29) is 0 Å². The fourth-order valence-corrected chi connectivity index (χ4v) is 3.59. The van der Waals surface area contributed by atoms with Crippen molar-refractivity contribution >= 4 is 15.7 Å². The minimum atomic E-state index is -3.36. The van der Waals surface area contributed by atoms with Crippen LogP contribution in [0.2, 0.25) is 0 Å². The van der Waals surface area contributed by atoms with Crippen LogP contribution in [0.3, 0.4) is 0 Å². The van der Waals surface area contributed by atoms with E-state index < -0.39 is 10.0 Å². The van der Waals surface area contributed by atoms with Gasteiger partial charge in [0.15, 0.2) is 0 Å². The van der Waals surface area contributed by atoms with Gasteiger partial charge in [0.1, 0.15) is 0 Å². The van der Waals surface area contributed by atoms with E-state index in [1.54, 1.807) is 19.1 Å². The molecule has 1 heterocycles. The van der Waals surface area contributed by atoms with E-state index in [4.69, 9.17) is 0 Å². The fraction of sp³-hybridized carbons (Fsp3) is 0.600. The molecule has 0 aliphatic carbocycles. The van der Waals surface area contributed by atoms with E-state index in [1.165, 1.54) is 0 Å². The number of nitrogens with one attached hydrogen (secondary N) is 3. The summed E-state index contributed by atoms with van der Waals surface area (Å²) in [5.41, 5.74) is 1.27. The van der Waals surface area contributed by atoms with Gasteiger partial charge in [0.05, 0.1) is 4.90 Å². The molecular formula is C15H25N3O2S. The van der Waals surface area contributed by atoms with Gasteiger partial charge in [-0.2, -0.15) is 0 Å². The summed E-state index contributed by atoms with van der Waals surface area (Å²) >= 11 is 0. The molecule has 5 nitrogen and oxygen atoms in total. The summed E-state index contributed by atoms with van der Waals surface area (Å²) in [5.74, 6) is 0. The molecule has 1 fully saturated rings. The third-order valence-corrected chi connectivity index (χ3v) is 5.59. The second-order valence-corrected chi connectivity index (χ2v) is 7.71. The molecule has 0 spiro atoms. The van der Waals surface area contributed by atoms with E-state index in [1.807, 2.05) is 12.1 Å². The summed E-state index contributed by atoms with van der Waals surface area (Å²) in [7, 11) is -3.36. The monoisotopic (exact) mass is 311 g/mol. The Morgan fingerprint density at radius 3 is 2.38 bits per heavy atom. The van der Waals surface area contributed by atoms with E-state index in [9.17, 15) is 8.42 Å². The average molecular weight is 311 g/mol. The minimum absolute atomic E-state index is 0.305. The van der Waals surface area contributed by atoms with Crippen molar-refractivity contribution < 1.29 is 8.42 Å². The SMILES string of the molecule is CCNS(=O)(=O)c1ccc(NCC2(C)CCNCC2)cc1. The molecule has 0 amide bonds. The molecule has 0 aromatic heterocycles. The van der Waals surface area contributed by atoms with Crippen molar-refractivity contribution in [2.75, 3.05) is 31.5 Å². The Kier molecular flexibility index (Phi) is 5.24. The van der Waals surface area contributed by atoms with Crippen LogP contribution < -0.4 is 15.4 Å². The number of anilines is 1. The van der Waals surface area contributed by atoms with Crippen molar-refractivity contribution in [3.8, 4) is 0 Å². The molecule has 3 N–H and O–H groups in total. The first-order valence-corrected chi connectivity index (χ1v) is 8.98. The van der Waals surface area contributed by atoms with E-state index in [0.717, 1.165) is 38.2 Å². The van der Waals surface area contributed by atoms with Crippen LogP contribution in [0.4, 0.5) is 5.69 Å². The molecular weight excluding hydrogens is 286 g/mol. The zero-order valence-corrected chi connectivity index (χ0v) is 13.6. The zero-order valence-electron chi connectivity index (χ0n) is 12.8. The summed E-state index contributed by atoms with van der Waals surface area (Å²) in [6.07, 6.45) is 2.32. The van der Waals surface area contributed by atoms with Crippen LogP contribution in [0.1, 0.15) is 26.7 Å². The number of rotatable bonds is 6. The van der Waals surface area contributed by atoms with Gasteiger partial charge in [-0.25, -0.2) is 13.1 Å². The minimum Gasteiger partial charge on any atom is -0.384 e. The van der Waals surface area contributed by atoms with Gasteiger partial charge in [-0.15, -0.1) is 0 Å². The molecule has 21 heavy (non-hydrogen) atoms. The number of hydrogen-bond acceptors (Lipinski definition) is 4. The topological polar surface area (TPSA) is 70.2 Å². The fourth-order valence-electron chi connectivity index (χ4n) is 2.55. The maximum Gasteiger partial charge on any atom is 0.240 e. The largest absolute Gasteiger partial charge is 0.384 e. The molecule has 0 bridgehead atoms. The highest BCUT2D eigenvalue weighted by Crippen LogP contribution is 2.28. The lowest BCUT2D eigenvalue weighted by Crippen LogP contribution is -2.39. The molecule has 1 aliphatic heterocycles. The highest BCUT2D eigenvalue weighted by atomic mass is 32.2. The smallest absolute Gasteiger partial charge is 0.240 e. The molecule has 1 aromatic carbocycles. The number of sulfonamides is 1. The predicted molar refractivity (Wildman–Crippen MR) is 86.0 cm³/mol. The van der Waals surface area contributed by atoms with E-state index in [2.05, 4.69) is 22.3 Å². The molecule has 0 unspecified atom stereocenters. The van der Waals surface area contributed by atoms with Crippen LogP contribution in [0.15, 0.2) is 29.2 Å². The Bertz CT molecular complexity index is 549. The Hall–Kier alpha value is -1.11. The summed E-state index contributed by atoms with van der Waals surface area (Å²) in [6.45, 7) is 7.51. The van der Waals surface area contributed by atoms with Gasteiger partial charge in [-0.1, -0.05) is 13.8 Å². The van der Waals surface area contributed by atoms with Crippen molar-refractivity contribution in [2.45, 2.75) is 31.6 Å². The number of piperidine rings is 1. The van der Waals surface area contributed by atoms with Crippen molar-refractivity contribution in [3.63, 3.8) is 0 Å². The van der Waals surface area contributed by atoms with Gasteiger partial charge in [0.25, 0.3) is 0 Å². The molecule has 1 saturated heterocycles. The molecule has 0 saturated carbocycles. The van der Waals surface area contributed by atoms with Gasteiger partial charge >= 0.3 is 0 Å². The highest BCUT2D eigenvalue weighted by Gasteiger charge is 2.26. The number of benzene rings is 1. The molecule has 6 heteroatoms. The first-order chi connectivity index (χ1) is 9.95. The standard InChI is InChI=1S/C15H25N3O2S/c1-3-18-21(19,20)14-6-4-13(5-7-14)17-12-15(2)8-10-16-11-9-15/h4-7,16-18H,3,8-12H2,1-2H3. The third-order valence-electron chi connectivity index (χ3n) is 4.03. The Morgan fingerprint density at radius 1 is 1.19 bits per heavy atom. The van der Waals surface area contributed by atoms with Crippen molar-refractivity contribution in [2.24, 2.45) is 5.41 Å². The highest BCUT2D eigenvalue weighted by molar-refractivity contribution is 7.89. The van der Waals surface area contributed by atoms with E-state index >= 15 is 0 Å². The molecule has 1 aromatic rings. The summed E-state index contributed by atoms with van der Waals surface area (Å²) < 4.78 is 26.2. The first kappa shape index (κ1) is 16.3. The van der Waals surface area contributed by atoms with Gasteiger partial charge < -0.3 is 10.6 Å². The lowest BCUT2D eigenvalue weighted by atomic mass is 9.81. The molecule has 0 radical (unpaired) electrons. The van der Waals surface area contributed by atoms with Crippen LogP contribution in [0.5, 0.6) is 0 Å². The maximum atomic E-state index is 11.9. The summed E-state index contributed by atoms with van der Waals surface area (Å²) in [4.78, 5) is 0.308. The van der Waals surface area contributed by atoms with Crippen LogP contribution in [0.25, 0.3) is 0 Å².